The minimum Gasteiger partial charge on any atom is -0.338 e. The van der Waals surface area contributed by atoms with Crippen LogP contribution >= 0.6 is 0 Å². The lowest BCUT2D eigenvalue weighted by Crippen LogP contribution is -2.52. The van der Waals surface area contributed by atoms with Crippen LogP contribution in [0, 0.1) is 11.8 Å². The van der Waals surface area contributed by atoms with E-state index in [9.17, 15) is 4.79 Å². The Morgan fingerprint density at radius 3 is 2.71 bits per heavy atom. The van der Waals surface area contributed by atoms with Crippen LogP contribution in [0.3, 0.4) is 0 Å². The second-order valence-corrected chi connectivity index (χ2v) is 5.80. The molecule has 2 saturated heterocycles. The van der Waals surface area contributed by atoms with Gasteiger partial charge in [-0.05, 0) is 45.9 Å². The second kappa shape index (κ2) is 5.36. The molecule has 0 bridgehead atoms. The van der Waals surface area contributed by atoms with E-state index in [-0.39, 0.29) is 5.92 Å². The fourth-order valence-corrected chi connectivity index (χ4v) is 2.86. The predicted octanol–water partition coefficient (Wildman–Crippen LogP) is 0.395. The molecule has 2 rings (SSSR count). The summed E-state index contributed by atoms with van der Waals surface area (Å²) in [6, 6.07) is 0.438. The molecule has 17 heavy (non-hydrogen) atoms. The first kappa shape index (κ1) is 12.8. The topological polar surface area (TPSA) is 35.6 Å². The molecule has 0 aromatic heterocycles. The molecule has 2 fully saturated rings. The Morgan fingerprint density at radius 1 is 1.47 bits per heavy atom. The maximum Gasteiger partial charge on any atom is 0.226 e. The predicted molar refractivity (Wildman–Crippen MR) is 68.8 cm³/mol. The zero-order chi connectivity index (χ0) is 12.4. The summed E-state index contributed by atoms with van der Waals surface area (Å²) in [5.74, 6) is 1.13. The van der Waals surface area contributed by atoms with Gasteiger partial charge in [0.1, 0.15) is 0 Å². The van der Waals surface area contributed by atoms with Crippen molar-refractivity contribution in [2.24, 2.45) is 11.8 Å². The minimum atomic E-state index is 0.194. The largest absolute Gasteiger partial charge is 0.338 e. The third-order valence-electron chi connectivity index (χ3n) is 4.15. The molecule has 2 heterocycles. The highest BCUT2D eigenvalue weighted by Crippen LogP contribution is 2.24. The molecule has 2 aliphatic heterocycles. The Balaban J connectivity index is 1.92. The van der Waals surface area contributed by atoms with Crippen LogP contribution in [0.2, 0.25) is 0 Å². The molecule has 4 heteroatoms. The Morgan fingerprint density at radius 2 is 2.18 bits per heavy atom. The molecular formula is C13H25N3O. The van der Waals surface area contributed by atoms with Crippen molar-refractivity contribution in [2.75, 3.05) is 40.3 Å². The van der Waals surface area contributed by atoms with Crippen LogP contribution in [-0.4, -0.2) is 62.0 Å². The van der Waals surface area contributed by atoms with Crippen molar-refractivity contribution in [1.82, 2.24) is 15.1 Å². The van der Waals surface area contributed by atoms with E-state index in [1.165, 1.54) is 12.8 Å². The van der Waals surface area contributed by atoms with E-state index in [1.54, 1.807) is 0 Å². The number of nitrogens with zero attached hydrogens (tertiary/aromatic N) is 2. The van der Waals surface area contributed by atoms with Crippen molar-refractivity contribution in [3.05, 3.63) is 0 Å². The van der Waals surface area contributed by atoms with E-state index < -0.39 is 0 Å². The van der Waals surface area contributed by atoms with E-state index >= 15 is 0 Å². The molecule has 0 aliphatic carbocycles. The monoisotopic (exact) mass is 239 g/mol. The van der Waals surface area contributed by atoms with Crippen LogP contribution in [0.5, 0.6) is 0 Å². The molecule has 2 unspecified atom stereocenters. The fourth-order valence-electron chi connectivity index (χ4n) is 2.86. The third-order valence-corrected chi connectivity index (χ3v) is 4.15. The average molecular weight is 239 g/mol. The maximum atomic E-state index is 12.5. The standard InChI is InChI=1S/C13H25N3O/c1-10(11-7-14-8-11)13(17)16-6-4-5-12(16)9-15(2)3/h10-12,14H,4-9H2,1-3H3. The number of nitrogens with one attached hydrogen (secondary N) is 1. The van der Waals surface area contributed by atoms with Crippen molar-refractivity contribution in [2.45, 2.75) is 25.8 Å². The van der Waals surface area contributed by atoms with Gasteiger partial charge in [-0.1, -0.05) is 6.92 Å². The van der Waals surface area contributed by atoms with Gasteiger partial charge in [0.2, 0.25) is 5.91 Å². The summed E-state index contributed by atoms with van der Waals surface area (Å²) in [5.41, 5.74) is 0. The smallest absolute Gasteiger partial charge is 0.226 e. The summed E-state index contributed by atoms with van der Waals surface area (Å²) < 4.78 is 0. The van der Waals surface area contributed by atoms with E-state index in [0.717, 1.165) is 26.2 Å². The van der Waals surface area contributed by atoms with Gasteiger partial charge in [-0.15, -0.1) is 0 Å². The van der Waals surface area contributed by atoms with E-state index in [4.69, 9.17) is 0 Å². The molecule has 4 nitrogen and oxygen atoms in total. The van der Waals surface area contributed by atoms with Crippen LogP contribution in [0.1, 0.15) is 19.8 Å². The number of carbonyl (C=O) groups excluding carboxylic acids is 1. The van der Waals surface area contributed by atoms with Gasteiger partial charge in [-0.2, -0.15) is 0 Å². The minimum absolute atomic E-state index is 0.194. The summed E-state index contributed by atoms with van der Waals surface area (Å²) in [5, 5.41) is 3.25. The highest BCUT2D eigenvalue weighted by atomic mass is 16.2. The van der Waals surface area contributed by atoms with Crippen LogP contribution in [0.15, 0.2) is 0 Å². The van der Waals surface area contributed by atoms with E-state index in [1.807, 2.05) is 0 Å². The zero-order valence-corrected chi connectivity index (χ0v) is 11.3. The molecule has 98 valence electrons. The third kappa shape index (κ3) is 2.80. The highest BCUT2D eigenvalue weighted by Gasteiger charge is 2.36. The van der Waals surface area contributed by atoms with Gasteiger partial charge < -0.3 is 15.1 Å². The lowest BCUT2D eigenvalue weighted by Gasteiger charge is -2.36. The Hall–Kier alpha value is -0.610. The maximum absolute atomic E-state index is 12.5. The number of carbonyl (C=O) groups is 1. The lowest BCUT2D eigenvalue weighted by atomic mass is 9.88. The lowest BCUT2D eigenvalue weighted by molar-refractivity contribution is -0.138. The quantitative estimate of drug-likeness (QED) is 0.771. The summed E-state index contributed by atoms with van der Waals surface area (Å²) >= 11 is 0. The number of rotatable bonds is 4. The van der Waals surface area contributed by atoms with Crippen LogP contribution in [0.4, 0.5) is 0 Å². The first-order valence-corrected chi connectivity index (χ1v) is 6.75. The Bertz CT molecular complexity index is 276. The summed E-state index contributed by atoms with van der Waals surface area (Å²) in [6.45, 7) is 6.08. The van der Waals surface area contributed by atoms with Gasteiger partial charge >= 0.3 is 0 Å². The number of likely N-dealkylation sites (tertiary alicyclic amines) is 1. The molecule has 0 saturated carbocycles. The van der Waals surface area contributed by atoms with Gasteiger partial charge in [-0.25, -0.2) is 0 Å². The zero-order valence-electron chi connectivity index (χ0n) is 11.3. The Kier molecular flexibility index (Phi) is 4.05. The van der Waals surface area contributed by atoms with Gasteiger partial charge in [0.15, 0.2) is 0 Å². The van der Waals surface area contributed by atoms with Gasteiger partial charge in [0, 0.05) is 25.0 Å². The highest BCUT2D eigenvalue weighted by molar-refractivity contribution is 5.79. The molecule has 2 atom stereocenters. The molecule has 2 aliphatic rings. The molecule has 0 aromatic carbocycles. The van der Waals surface area contributed by atoms with Crippen LogP contribution in [0.25, 0.3) is 0 Å². The van der Waals surface area contributed by atoms with Gasteiger partial charge in [-0.3, -0.25) is 4.79 Å². The number of hydrogen-bond donors (Lipinski definition) is 1. The van der Waals surface area contributed by atoms with Crippen molar-refractivity contribution in [3.63, 3.8) is 0 Å². The normalized spacial score (nSPS) is 27.3. The summed E-state index contributed by atoms with van der Waals surface area (Å²) in [6.07, 6.45) is 2.33. The van der Waals surface area contributed by atoms with E-state index in [0.29, 0.717) is 17.9 Å². The molecule has 1 amide bonds. The second-order valence-electron chi connectivity index (χ2n) is 5.80. The average Bonchev–Trinajstić information content (AvgIpc) is 2.60. The Labute approximate surface area is 104 Å². The van der Waals surface area contributed by atoms with Crippen LogP contribution < -0.4 is 5.32 Å². The van der Waals surface area contributed by atoms with Crippen LogP contribution in [-0.2, 0) is 4.79 Å². The molecule has 0 spiro atoms. The molecule has 0 aromatic rings. The fraction of sp³-hybridized carbons (Fsp3) is 0.923. The summed E-state index contributed by atoms with van der Waals surface area (Å²) in [4.78, 5) is 16.8. The number of likely N-dealkylation sites (N-methyl/N-ethyl adjacent to an activating group) is 1. The van der Waals surface area contributed by atoms with Gasteiger partial charge in [0.05, 0.1) is 0 Å². The van der Waals surface area contributed by atoms with E-state index in [2.05, 4.69) is 36.1 Å². The SMILES string of the molecule is CC(C(=O)N1CCCC1CN(C)C)C1CNC1. The first-order chi connectivity index (χ1) is 8.09. The van der Waals surface area contributed by atoms with Gasteiger partial charge in [0.25, 0.3) is 0 Å². The molecule has 0 radical (unpaired) electrons. The number of amides is 1. The summed E-state index contributed by atoms with van der Waals surface area (Å²) in [7, 11) is 4.17. The first-order valence-electron chi connectivity index (χ1n) is 6.75. The van der Waals surface area contributed by atoms with Crippen molar-refractivity contribution >= 4 is 5.91 Å². The van der Waals surface area contributed by atoms with Crippen molar-refractivity contribution < 1.29 is 4.79 Å². The molecule has 1 N–H and O–H groups in total. The molecular weight excluding hydrogens is 214 g/mol. The van der Waals surface area contributed by atoms with Crippen molar-refractivity contribution in [1.29, 1.82) is 0 Å². The number of hydrogen-bond acceptors (Lipinski definition) is 3. The van der Waals surface area contributed by atoms with Crippen molar-refractivity contribution in [3.8, 4) is 0 Å².